The van der Waals surface area contributed by atoms with Crippen molar-refractivity contribution < 1.29 is 9.59 Å². The summed E-state index contributed by atoms with van der Waals surface area (Å²) in [4.78, 5) is 24.1. The van der Waals surface area contributed by atoms with Gasteiger partial charge in [-0.3, -0.25) is 9.59 Å². The van der Waals surface area contributed by atoms with Gasteiger partial charge in [-0.2, -0.15) is 0 Å². The smallest absolute Gasteiger partial charge is 0.243 e. The zero-order chi connectivity index (χ0) is 16.8. The van der Waals surface area contributed by atoms with Gasteiger partial charge < -0.3 is 5.32 Å². The second kappa shape index (κ2) is 8.09. The molecule has 0 fully saturated rings. The molecular formula is C18H15BrClNO2. The van der Waals surface area contributed by atoms with Crippen LogP contribution < -0.4 is 5.32 Å². The van der Waals surface area contributed by atoms with Crippen molar-refractivity contribution in [2.45, 2.75) is 12.5 Å². The van der Waals surface area contributed by atoms with Crippen molar-refractivity contribution in [3.63, 3.8) is 0 Å². The Morgan fingerprint density at radius 1 is 1.13 bits per heavy atom. The van der Waals surface area contributed by atoms with Gasteiger partial charge >= 0.3 is 0 Å². The summed E-state index contributed by atoms with van der Waals surface area (Å²) in [5, 5.41) is 3.37. The number of carbonyl (C=O) groups is 2. The van der Waals surface area contributed by atoms with E-state index in [-0.39, 0.29) is 18.1 Å². The van der Waals surface area contributed by atoms with E-state index < -0.39 is 6.04 Å². The van der Waals surface area contributed by atoms with E-state index in [4.69, 9.17) is 11.6 Å². The van der Waals surface area contributed by atoms with Crippen LogP contribution in [0, 0.1) is 0 Å². The second-order valence-electron chi connectivity index (χ2n) is 4.95. The van der Waals surface area contributed by atoms with Crippen LogP contribution in [-0.2, 0) is 4.79 Å². The topological polar surface area (TPSA) is 46.2 Å². The Morgan fingerprint density at radius 2 is 1.74 bits per heavy atom. The van der Waals surface area contributed by atoms with Crippen molar-refractivity contribution in [2.24, 2.45) is 0 Å². The number of benzene rings is 2. The van der Waals surface area contributed by atoms with Gasteiger partial charge in [0, 0.05) is 21.5 Å². The SMILES string of the molecule is C=CC(=O)NC(CC(=O)c1ccc(Cl)cc1)c1ccc(Br)cc1. The summed E-state index contributed by atoms with van der Waals surface area (Å²) in [6.07, 6.45) is 1.35. The van der Waals surface area contributed by atoms with Gasteiger partial charge in [0.15, 0.2) is 5.78 Å². The number of rotatable bonds is 6. The lowest BCUT2D eigenvalue weighted by Crippen LogP contribution is -2.28. The normalized spacial score (nSPS) is 11.6. The fraction of sp³-hybridized carbons (Fsp3) is 0.111. The lowest BCUT2D eigenvalue weighted by atomic mass is 9.98. The predicted octanol–water partition coefficient (Wildman–Crippen LogP) is 4.72. The van der Waals surface area contributed by atoms with Crippen LogP contribution in [0.15, 0.2) is 65.7 Å². The number of amides is 1. The molecule has 1 atom stereocenters. The van der Waals surface area contributed by atoms with Crippen molar-refractivity contribution in [1.29, 1.82) is 0 Å². The van der Waals surface area contributed by atoms with Crippen LogP contribution in [0.3, 0.4) is 0 Å². The summed E-state index contributed by atoms with van der Waals surface area (Å²) in [5.41, 5.74) is 1.41. The summed E-state index contributed by atoms with van der Waals surface area (Å²) in [5.74, 6) is -0.388. The number of hydrogen-bond acceptors (Lipinski definition) is 2. The highest BCUT2D eigenvalue weighted by molar-refractivity contribution is 9.10. The lowest BCUT2D eigenvalue weighted by Gasteiger charge is -2.18. The molecule has 23 heavy (non-hydrogen) atoms. The minimum Gasteiger partial charge on any atom is -0.345 e. The number of hydrogen-bond donors (Lipinski definition) is 1. The summed E-state index contributed by atoms with van der Waals surface area (Å²) in [6.45, 7) is 3.45. The van der Waals surface area contributed by atoms with Gasteiger partial charge in [0.25, 0.3) is 0 Å². The first kappa shape index (κ1) is 17.4. The van der Waals surface area contributed by atoms with E-state index in [0.717, 1.165) is 10.0 Å². The Kier molecular flexibility index (Phi) is 6.13. The highest BCUT2D eigenvalue weighted by atomic mass is 79.9. The summed E-state index contributed by atoms with van der Waals surface area (Å²) < 4.78 is 0.930. The van der Waals surface area contributed by atoms with Crippen molar-refractivity contribution in [3.05, 3.63) is 81.8 Å². The van der Waals surface area contributed by atoms with Crippen molar-refractivity contribution in [1.82, 2.24) is 5.32 Å². The molecule has 1 N–H and O–H groups in total. The van der Waals surface area contributed by atoms with Crippen LogP contribution in [-0.4, -0.2) is 11.7 Å². The second-order valence-corrected chi connectivity index (χ2v) is 6.30. The first-order valence-electron chi connectivity index (χ1n) is 6.97. The van der Waals surface area contributed by atoms with Crippen LogP contribution in [0.25, 0.3) is 0 Å². The molecule has 2 rings (SSSR count). The fourth-order valence-electron chi connectivity index (χ4n) is 2.12. The van der Waals surface area contributed by atoms with Gasteiger partial charge in [-0.1, -0.05) is 46.2 Å². The maximum Gasteiger partial charge on any atom is 0.243 e. The molecule has 0 heterocycles. The van der Waals surface area contributed by atoms with Crippen molar-refractivity contribution in [2.75, 3.05) is 0 Å². The highest BCUT2D eigenvalue weighted by Gasteiger charge is 2.18. The highest BCUT2D eigenvalue weighted by Crippen LogP contribution is 2.22. The summed E-state index contributed by atoms with van der Waals surface area (Å²) >= 11 is 9.21. The average molecular weight is 393 g/mol. The third kappa shape index (κ3) is 5.05. The van der Waals surface area contributed by atoms with E-state index in [2.05, 4.69) is 27.8 Å². The number of Topliss-reactive ketones (excluding diaryl/α,β-unsaturated/α-hetero) is 1. The minimum absolute atomic E-state index is 0.0704. The zero-order valence-corrected chi connectivity index (χ0v) is 14.6. The molecule has 3 nitrogen and oxygen atoms in total. The first-order valence-corrected chi connectivity index (χ1v) is 8.14. The van der Waals surface area contributed by atoms with E-state index in [1.54, 1.807) is 24.3 Å². The maximum absolute atomic E-state index is 12.4. The van der Waals surface area contributed by atoms with E-state index in [9.17, 15) is 9.59 Å². The van der Waals surface area contributed by atoms with Gasteiger partial charge in [0.05, 0.1) is 6.04 Å². The molecule has 0 aliphatic carbocycles. The molecule has 0 aliphatic heterocycles. The molecule has 0 aliphatic rings. The Labute approximate surface area is 148 Å². The van der Waals surface area contributed by atoms with E-state index in [1.807, 2.05) is 24.3 Å². The summed E-state index contributed by atoms with van der Waals surface area (Å²) in [6, 6.07) is 13.8. The molecule has 0 saturated carbocycles. The van der Waals surface area contributed by atoms with Gasteiger partial charge in [0.2, 0.25) is 5.91 Å². The zero-order valence-electron chi connectivity index (χ0n) is 12.3. The van der Waals surface area contributed by atoms with E-state index in [0.29, 0.717) is 10.6 Å². The molecule has 2 aromatic rings. The number of nitrogens with one attached hydrogen (secondary N) is 1. The van der Waals surface area contributed by atoms with E-state index >= 15 is 0 Å². The van der Waals surface area contributed by atoms with Gasteiger partial charge in [-0.05, 0) is 48.0 Å². The molecule has 118 valence electrons. The van der Waals surface area contributed by atoms with Crippen LogP contribution in [0.1, 0.15) is 28.4 Å². The Morgan fingerprint density at radius 3 is 2.30 bits per heavy atom. The fourth-order valence-corrected chi connectivity index (χ4v) is 2.51. The molecule has 2 aromatic carbocycles. The van der Waals surface area contributed by atoms with Crippen LogP contribution in [0.5, 0.6) is 0 Å². The Hall–Kier alpha value is -1.91. The Balaban J connectivity index is 2.21. The molecule has 0 spiro atoms. The van der Waals surface area contributed by atoms with Gasteiger partial charge in [0.1, 0.15) is 0 Å². The molecule has 1 unspecified atom stereocenters. The van der Waals surface area contributed by atoms with Crippen LogP contribution in [0.2, 0.25) is 5.02 Å². The largest absolute Gasteiger partial charge is 0.345 e. The summed E-state index contributed by atoms with van der Waals surface area (Å²) in [7, 11) is 0. The quantitative estimate of drug-likeness (QED) is 0.571. The number of ketones is 1. The molecule has 0 aromatic heterocycles. The third-order valence-electron chi connectivity index (χ3n) is 3.33. The lowest BCUT2D eigenvalue weighted by molar-refractivity contribution is -0.117. The molecule has 5 heteroatoms. The minimum atomic E-state index is -0.420. The molecular weight excluding hydrogens is 378 g/mol. The van der Waals surface area contributed by atoms with Gasteiger partial charge in [-0.15, -0.1) is 0 Å². The molecule has 0 bridgehead atoms. The average Bonchev–Trinajstić information content (AvgIpc) is 2.55. The molecule has 0 saturated heterocycles. The number of halogens is 2. The molecule has 1 amide bonds. The Bertz CT molecular complexity index is 711. The van der Waals surface area contributed by atoms with Crippen LogP contribution in [0.4, 0.5) is 0 Å². The molecule has 0 radical (unpaired) electrons. The van der Waals surface area contributed by atoms with Crippen LogP contribution >= 0.6 is 27.5 Å². The predicted molar refractivity (Wildman–Crippen MR) is 95.6 cm³/mol. The van der Waals surface area contributed by atoms with E-state index in [1.165, 1.54) is 6.08 Å². The monoisotopic (exact) mass is 391 g/mol. The maximum atomic E-state index is 12.4. The number of carbonyl (C=O) groups excluding carboxylic acids is 2. The first-order chi connectivity index (χ1) is 11.0. The standard InChI is InChI=1S/C18H15BrClNO2/c1-2-18(23)21-16(12-3-7-14(19)8-4-12)11-17(22)13-5-9-15(20)10-6-13/h2-10,16H,1,11H2,(H,21,23). The van der Waals surface area contributed by atoms with Crippen molar-refractivity contribution in [3.8, 4) is 0 Å². The third-order valence-corrected chi connectivity index (χ3v) is 4.11. The van der Waals surface area contributed by atoms with Crippen molar-refractivity contribution >= 4 is 39.2 Å². The van der Waals surface area contributed by atoms with Gasteiger partial charge in [-0.25, -0.2) is 0 Å².